The largest absolute Gasteiger partial charge is 0.493 e. The van der Waals surface area contributed by atoms with E-state index in [0.717, 1.165) is 19.5 Å². The quantitative estimate of drug-likeness (QED) is 0.424. The molecular formula is C25H28ClN3O5S. The van der Waals surface area contributed by atoms with E-state index in [9.17, 15) is 8.42 Å². The van der Waals surface area contributed by atoms with Gasteiger partial charge >= 0.3 is 0 Å². The molecule has 1 saturated heterocycles. The van der Waals surface area contributed by atoms with Crippen molar-refractivity contribution in [3.63, 3.8) is 0 Å². The molecule has 3 aromatic rings. The van der Waals surface area contributed by atoms with Crippen molar-refractivity contribution in [1.29, 1.82) is 0 Å². The molecule has 0 radical (unpaired) electrons. The zero-order valence-electron chi connectivity index (χ0n) is 19.7. The number of nitrogens with one attached hydrogen (secondary N) is 1. The van der Waals surface area contributed by atoms with Gasteiger partial charge in [0.15, 0.2) is 11.5 Å². The van der Waals surface area contributed by atoms with Crippen LogP contribution in [0.2, 0.25) is 5.02 Å². The summed E-state index contributed by atoms with van der Waals surface area (Å²) in [5, 5.41) is 0.411. The lowest BCUT2D eigenvalue weighted by atomic mass is 10.0. The van der Waals surface area contributed by atoms with Gasteiger partial charge in [-0.3, -0.25) is 4.72 Å². The molecule has 0 aliphatic carbocycles. The van der Waals surface area contributed by atoms with E-state index in [2.05, 4.69) is 9.62 Å². The van der Waals surface area contributed by atoms with Crippen LogP contribution in [0, 0.1) is 0 Å². The number of methoxy groups -OCH3 is 2. The fourth-order valence-electron chi connectivity index (χ4n) is 4.05. The van der Waals surface area contributed by atoms with Gasteiger partial charge in [0.1, 0.15) is 11.9 Å². The van der Waals surface area contributed by atoms with Crippen molar-refractivity contribution in [2.75, 3.05) is 44.8 Å². The average Bonchev–Trinajstić information content (AvgIpc) is 3.24. The molecule has 1 atom stereocenters. The highest BCUT2D eigenvalue weighted by atomic mass is 35.5. The van der Waals surface area contributed by atoms with Crippen LogP contribution in [0.5, 0.6) is 17.2 Å². The number of halogens is 1. The number of benzene rings is 3. The summed E-state index contributed by atoms with van der Waals surface area (Å²) in [6.07, 6.45) is 0.864. The Hall–Kier alpha value is -3.14. The van der Waals surface area contributed by atoms with Gasteiger partial charge in [0, 0.05) is 36.5 Å². The molecule has 3 N–H and O–H groups in total. The Balaban J connectivity index is 1.72. The molecule has 1 aliphatic heterocycles. The summed E-state index contributed by atoms with van der Waals surface area (Å²) in [5.41, 5.74) is 7.83. The highest BCUT2D eigenvalue weighted by molar-refractivity contribution is 7.92. The third kappa shape index (κ3) is 5.58. The molecule has 0 amide bonds. The van der Waals surface area contributed by atoms with Gasteiger partial charge in [-0.1, -0.05) is 23.7 Å². The lowest BCUT2D eigenvalue weighted by molar-refractivity contribution is 0.208. The summed E-state index contributed by atoms with van der Waals surface area (Å²) < 4.78 is 46.7. The van der Waals surface area contributed by atoms with Gasteiger partial charge in [0.2, 0.25) is 0 Å². The number of anilines is 2. The Labute approximate surface area is 210 Å². The van der Waals surface area contributed by atoms with Crippen LogP contribution in [0.3, 0.4) is 0 Å². The maximum atomic E-state index is 13.6. The molecule has 4 rings (SSSR count). The third-order valence-electron chi connectivity index (χ3n) is 5.80. The molecule has 3 aromatic carbocycles. The molecule has 0 saturated carbocycles. The summed E-state index contributed by atoms with van der Waals surface area (Å²) >= 11 is 6.33. The number of rotatable bonds is 8. The Morgan fingerprint density at radius 2 is 1.77 bits per heavy atom. The first-order valence-electron chi connectivity index (χ1n) is 11.0. The topological polar surface area (TPSA) is 103 Å². The minimum atomic E-state index is -4.06. The maximum absolute atomic E-state index is 13.6. The van der Waals surface area contributed by atoms with Crippen LogP contribution in [0.4, 0.5) is 11.4 Å². The van der Waals surface area contributed by atoms with Crippen LogP contribution in [-0.2, 0) is 10.0 Å². The predicted molar refractivity (Wildman–Crippen MR) is 138 cm³/mol. The molecule has 8 nitrogen and oxygen atoms in total. The van der Waals surface area contributed by atoms with Crippen LogP contribution in [-0.4, -0.2) is 53.8 Å². The van der Waals surface area contributed by atoms with E-state index in [1.807, 2.05) is 7.05 Å². The Bertz CT molecular complexity index is 1330. The van der Waals surface area contributed by atoms with Crippen LogP contribution < -0.4 is 24.7 Å². The fraction of sp³-hybridized carbons (Fsp3) is 0.280. The molecular weight excluding hydrogens is 490 g/mol. The number of likely N-dealkylation sites (tertiary alicyclic amines) is 1. The smallest absolute Gasteiger partial charge is 0.262 e. The molecule has 1 heterocycles. The number of hydrogen-bond donors (Lipinski definition) is 2. The van der Waals surface area contributed by atoms with Crippen LogP contribution in [0.1, 0.15) is 6.42 Å². The van der Waals surface area contributed by atoms with Crippen LogP contribution in [0.25, 0.3) is 11.1 Å². The molecule has 0 unspecified atom stereocenters. The van der Waals surface area contributed by atoms with E-state index in [0.29, 0.717) is 39.0 Å². The van der Waals surface area contributed by atoms with Gasteiger partial charge in [-0.25, -0.2) is 8.42 Å². The Morgan fingerprint density at radius 1 is 1.03 bits per heavy atom. The van der Waals surface area contributed by atoms with E-state index in [4.69, 9.17) is 31.5 Å². The summed E-state index contributed by atoms with van der Waals surface area (Å²) in [7, 11) is 0.903. The summed E-state index contributed by atoms with van der Waals surface area (Å²) in [6, 6.07) is 14.8. The molecule has 0 bridgehead atoms. The molecule has 0 spiro atoms. The van der Waals surface area contributed by atoms with E-state index in [1.165, 1.54) is 20.3 Å². The molecule has 35 heavy (non-hydrogen) atoms. The van der Waals surface area contributed by atoms with E-state index >= 15 is 0 Å². The van der Waals surface area contributed by atoms with Crippen molar-refractivity contribution < 1.29 is 22.6 Å². The first-order valence-corrected chi connectivity index (χ1v) is 12.9. The van der Waals surface area contributed by atoms with E-state index in [1.54, 1.807) is 48.5 Å². The predicted octanol–water partition coefficient (Wildman–Crippen LogP) is 4.49. The number of hydrogen-bond acceptors (Lipinski definition) is 7. The van der Waals surface area contributed by atoms with E-state index < -0.39 is 10.0 Å². The summed E-state index contributed by atoms with van der Waals surface area (Å²) in [4.78, 5) is 2.18. The van der Waals surface area contributed by atoms with Gasteiger partial charge < -0.3 is 24.8 Å². The maximum Gasteiger partial charge on any atom is 0.262 e. The third-order valence-corrected chi connectivity index (χ3v) is 7.53. The van der Waals surface area contributed by atoms with Crippen molar-refractivity contribution in [1.82, 2.24) is 4.90 Å². The number of likely N-dealkylation sites (N-methyl/N-ethyl adjacent to an activating group) is 1. The van der Waals surface area contributed by atoms with Gasteiger partial charge in [-0.05, 0) is 49.4 Å². The zero-order valence-corrected chi connectivity index (χ0v) is 21.3. The SMILES string of the molecule is COc1cc(-c2cccc(N)c2)c(S(=O)(=O)Nc2ccc(Cl)c(O[C@@H]3CCN(C)C3)c2)cc1OC. The number of ether oxygens (including phenoxy) is 3. The number of nitrogen functional groups attached to an aromatic ring is 1. The van der Waals surface area contributed by atoms with Gasteiger partial charge in [0.05, 0.1) is 29.8 Å². The minimum absolute atomic E-state index is 0.00894. The molecule has 0 aromatic heterocycles. The molecule has 1 aliphatic rings. The number of nitrogens with two attached hydrogens (primary N) is 1. The highest BCUT2D eigenvalue weighted by Crippen LogP contribution is 2.39. The molecule has 10 heteroatoms. The monoisotopic (exact) mass is 517 g/mol. The second-order valence-corrected chi connectivity index (χ2v) is 10.4. The molecule has 186 valence electrons. The molecule has 1 fully saturated rings. The first kappa shape index (κ1) is 25.0. The van der Waals surface area contributed by atoms with Crippen molar-refractivity contribution in [3.05, 3.63) is 59.6 Å². The lowest BCUT2D eigenvalue weighted by Gasteiger charge is -2.18. The van der Waals surface area contributed by atoms with Gasteiger partial charge in [-0.15, -0.1) is 0 Å². The Kier molecular flexibility index (Phi) is 7.30. The minimum Gasteiger partial charge on any atom is -0.493 e. The second kappa shape index (κ2) is 10.2. The standard InChI is InChI=1S/C25H28ClN3O5S/c1-29-10-9-19(15-29)34-22-12-18(7-8-21(22)26)28-35(30,31)25-14-24(33-3)23(32-2)13-20(25)16-5-4-6-17(27)11-16/h4-8,11-14,19,28H,9-10,15,27H2,1-3H3/t19-/m1/s1. The van der Waals surface area contributed by atoms with Crippen molar-refractivity contribution >= 4 is 33.0 Å². The summed E-state index contributed by atoms with van der Waals surface area (Å²) in [6.45, 7) is 1.71. The van der Waals surface area contributed by atoms with Crippen molar-refractivity contribution in [2.24, 2.45) is 0 Å². The fourth-order valence-corrected chi connectivity index (χ4v) is 5.49. The number of sulfonamides is 1. The second-order valence-electron chi connectivity index (χ2n) is 8.37. The van der Waals surface area contributed by atoms with Gasteiger partial charge in [0.25, 0.3) is 10.0 Å². The van der Waals surface area contributed by atoms with Crippen LogP contribution in [0.15, 0.2) is 59.5 Å². The first-order chi connectivity index (χ1) is 16.7. The average molecular weight is 518 g/mol. The van der Waals surface area contributed by atoms with Crippen molar-refractivity contribution in [3.8, 4) is 28.4 Å². The normalized spacial score (nSPS) is 16.2. The van der Waals surface area contributed by atoms with E-state index in [-0.39, 0.29) is 16.7 Å². The highest BCUT2D eigenvalue weighted by Gasteiger charge is 2.25. The zero-order chi connectivity index (χ0) is 25.2. The number of nitrogens with zero attached hydrogens (tertiary/aromatic N) is 1. The van der Waals surface area contributed by atoms with Crippen LogP contribution >= 0.6 is 11.6 Å². The Morgan fingerprint density at radius 3 is 2.43 bits per heavy atom. The summed E-state index contributed by atoms with van der Waals surface area (Å²) in [5.74, 6) is 1.11. The van der Waals surface area contributed by atoms with Gasteiger partial charge in [-0.2, -0.15) is 0 Å². The van der Waals surface area contributed by atoms with Crippen molar-refractivity contribution in [2.45, 2.75) is 17.4 Å². The lowest BCUT2D eigenvalue weighted by Crippen LogP contribution is -2.21.